The molecule has 0 bridgehead atoms. The minimum Gasteiger partial charge on any atom is -0.309 e. The highest BCUT2D eigenvalue weighted by Gasteiger charge is 2.17. The molecule has 0 N–H and O–H groups in total. The van der Waals surface area contributed by atoms with Crippen molar-refractivity contribution >= 4 is 43.6 Å². The summed E-state index contributed by atoms with van der Waals surface area (Å²) in [5, 5.41) is 4.98. The molecule has 2 aromatic heterocycles. The van der Waals surface area contributed by atoms with Gasteiger partial charge in [0.15, 0.2) is 0 Å². The summed E-state index contributed by atoms with van der Waals surface area (Å²) in [5.74, 6) is 0. The predicted octanol–water partition coefficient (Wildman–Crippen LogP) is 14.5. The smallest absolute Gasteiger partial charge is 0.0541 e. The Morgan fingerprint density at radius 1 is 0.196 bits per heavy atom. The first-order valence-electron chi connectivity index (χ1n) is 19.3. The Balaban J connectivity index is 1.09. The number of hydrogen-bond acceptors (Lipinski definition) is 0. The van der Waals surface area contributed by atoms with E-state index in [4.69, 9.17) is 0 Å². The van der Waals surface area contributed by atoms with E-state index in [9.17, 15) is 0 Å². The van der Waals surface area contributed by atoms with Gasteiger partial charge in [0.2, 0.25) is 0 Å². The van der Waals surface area contributed by atoms with Gasteiger partial charge in [-0.25, -0.2) is 0 Å². The first kappa shape index (κ1) is 32.0. The van der Waals surface area contributed by atoms with Gasteiger partial charge in [-0.15, -0.1) is 0 Å². The van der Waals surface area contributed by atoms with Crippen LogP contribution in [0.4, 0.5) is 0 Å². The Morgan fingerprint density at radius 3 is 1.14 bits per heavy atom. The molecule has 0 aliphatic rings. The average Bonchev–Trinajstić information content (AvgIpc) is 3.79. The third-order valence-corrected chi connectivity index (χ3v) is 11.3. The summed E-state index contributed by atoms with van der Waals surface area (Å²) in [6.07, 6.45) is 0. The zero-order valence-electron chi connectivity index (χ0n) is 30.7. The van der Waals surface area contributed by atoms with Crippen LogP contribution in [0.5, 0.6) is 0 Å². The third kappa shape index (κ3) is 5.34. The van der Waals surface area contributed by atoms with Crippen LogP contribution in [0.2, 0.25) is 0 Å². The van der Waals surface area contributed by atoms with E-state index in [2.05, 4.69) is 228 Å². The van der Waals surface area contributed by atoms with E-state index in [1.807, 2.05) is 0 Å². The maximum Gasteiger partial charge on any atom is 0.0541 e. The van der Waals surface area contributed by atoms with Crippen LogP contribution in [-0.4, -0.2) is 9.13 Å². The fourth-order valence-corrected chi connectivity index (χ4v) is 8.63. The molecule has 0 amide bonds. The van der Waals surface area contributed by atoms with Crippen LogP contribution in [-0.2, 0) is 0 Å². The fraction of sp³-hybridized carbons (Fsp3) is 0. The molecule has 0 unspecified atom stereocenters. The van der Waals surface area contributed by atoms with Gasteiger partial charge >= 0.3 is 0 Å². The van der Waals surface area contributed by atoms with Crippen molar-refractivity contribution in [3.63, 3.8) is 0 Å². The molecule has 11 aromatic rings. The summed E-state index contributed by atoms with van der Waals surface area (Å²) in [5.41, 5.74) is 16.8. The van der Waals surface area contributed by atoms with E-state index in [-0.39, 0.29) is 0 Å². The second kappa shape index (κ2) is 13.2. The van der Waals surface area contributed by atoms with Gasteiger partial charge in [0.1, 0.15) is 0 Å². The summed E-state index contributed by atoms with van der Waals surface area (Å²) in [7, 11) is 0. The number of aromatic nitrogens is 2. The van der Waals surface area contributed by atoms with Gasteiger partial charge in [-0.05, 0) is 117 Å². The Kier molecular flexibility index (Phi) is 7.53. The Morgan fingerprint density at radius 2 is 0.554 bits per heavy atom. The maximum atomic E-state index is 2.43. The molecule has 2 nitrogen and oxygen atoms in total. The van der Waals surface area contributed by atoms with E-state index >= 15 is 0 Å². The lowest BCUT2D eigenvalue weighted by Gasteiger charge is -2.12. The number of hydrogen-bond donors (Lipinski definition) is 0. The molecule has 2 heteroatoms. The van der Waals surface area contributed by atoms with E-state index in [0.717, 1.165) is 5.69 Å². The Hall–Kier alpha value is -7.42. The molecule has 0 atom stereocenters. The number of benzene rings is 9. The second-order valence-electron chi connectivity index (χ2n) is 14.6. The molecule has 9 aromatic carbocycles. The molecule has 0 fully saturated rings. The minimum absolute atomic E-state index is 1.14. The van der Waals surface area contributed by atoms with Crippen LogP contribution in [0.15, 0.2) is 218 Å². The number of para-hydroxylation sites is 2. The number of nitrogens with zero attached hydrogens (tertiary/aromatic N) is 2. The highest BCUT2D eigenvalue weighted by molar-refractivity contribution is 6.13. The zero-order valence-corrected chi connectivity index (χ0v) is 30.7. The number of fused-ring (bicyclic) bond motifs is 6. The van der Waals surface area contributed by atoms with E-state index in [1.165, 1.54) is 93.8 Å². The van der Waals surface area contributed by atoms with Crippen LogP contribution in [0.25, 0.3) is 99.5 Å². The molecule has 0 saturated carbocycles. The van der Waals surface area contributed by atoms with Crippen molar-refractivity contribution in [2.75, 3.05) is 0 Å². The lowest BCUT2D eigenvalue weighted by atomic mass is 9.99. The van der Waals surface area contributed by atoms with Gasteiger partial charge in [0.25, 0.3) is 0 Å². The maximum absolute atomic E-state index is 2.43. The van der Waals surface area contributed by atoms with Crippen LogP contribution < -0.4 is 0 Å². The summed E-state index contributed by atoms with van der Waals surface area (Å²) < 4.78 is 4.81. The molecule has 262 valence electrons. The zero-order chi connectivity index (χ0) is 37.0. The largest absolute Gasteiger partial charge is 0.309 e. The lowest BCUT2D eigenvalue weighted by molar-refractivity contribution is 1.18. The van der Waals surface area contributed by atoms with Gasteiger partial charge in [0.05, 0.1) is 22.1 Å². The van der Waals surface area contributed by atoms with E-state index in [0.29, 0.717) is 0 Å². The summed E-state index contributed by atoms with van der Waals surface area (Å²) in [6, 6.07) is 79.4. The normalized spacial score (nSPS) is 11.6. The molecule has 0 aliphatic heterocycles. The Labute approximate surface area is 325 Å². The van der Waals surface area contributed by atoms with Crippen molar-refractivity contribution in [1.82, 2.24) is 9.13 Å². The van der Waals surface area contributed by atoms with Gasteiger partial charge in [-0.2, -0.15) is 0 Å². The molecular formula is C54H36N2. The average molecular weight is 713 g/mol. The van der Waals surface area contributed by atoms with Crippen molar-refractivity contribution in [1.29, 1.82) is 0 Å². The standard InChI is InChI=1S/C54H36N2/c1-4-14-37(15-5-1)39-18-12-19-40(32-39)41-20-13-23-46(33-41)56-53-29-26-42(38-16-6-2-7-17-38)34-49(53)50-36-44(28-31-54(50)56)43-27-30-52-48(35-43)47-24-10-11-25-51(47)55(52)45-21-8-3-9-22-45/h1-36H. The van der Waals surface area contributed by atoms with Crippen molar-refractivity contribution in [3.05, 3.63) is 218 Å². The van der Waals surface area contributed by atoms with Crippen LogP contribution in [0, 0.1) is 0 Å². The summed E-state index contributed by atoms with van der Waals surface area (Å²) in [4.78, 5) is 0. The van der Waals surface area contributed by atoms with Crippen molar-refractivity contribution in [3.8, 4) is 55.9 Å². The summed E-state index contributed by atoms with van der Waals surface area (Å²) >= 11 is 0. The van der Waals surface area contributed by atoms with Crippen molar-refractivity contribution in [2.24, 2.45) is 0 Å². The van der Waals surface area contributed by atoms with Crippen molar-refractivity contribution < 1.29 is 0 Å². The van der Waals surface area contributed by atoms with Gasteiger partial charge < -0.3 is 9.13 Å². The summed E-state index contributed by atoms with van der Waals surface area (Å²) in [6.45, 7) is 0. The SMILES string of the molecule is c1ccc(-c2cccc(-c3cccc(-n4c5ccc(-c6ccccc6)cc5c5cc(-c6ccc7c(c6)c6ccccc6n7-c6ccccc6)ccc54)c3)c2)cc1. The quantitative estimate of drug-likeness (QED) is 0.162. The molecule has 2 heterocycles. The van der Waals surface area contributed by atoms with Crippen molar-refractivity contribution in [2.45, 2.75) is 0 Å². The highest BCUT2D eigenvalue weighted by Crippen LogP contribution is 2.40. The van der Waals surface area contributed by atoms with Crippen LogP contribution >= 0.6 is 0 Å². The molecule has 0 spiro atoms. The topological polar surface area (TPSA) is 9.86 Å². The van der Waals surface area contributed by atoms with Crippen LogP contribution in [0.1, 0.15) is 0 Å². The molecule has 0 aliphatic carbocycles. The fourth-order valence-electron chi connectivity index (χ4n) is 8.63. The van der Waals surface area contributed by atoms with E-state index in [1.54, 1.807) is 0 Å². The molecular weight excluding hydrogens is 677 g/mol. The lowest BCUT2D eigenvalue weighted by Crippen LogP contribution is -1.94. The Bertz CT molecular complexity index is 3220. The molecule has 0 saturated heterocycles. The first-order valence-corrected chi connectivity index (χ1v) is 19.3. The first-order chi connectivity index (χ1) is 27.8. The monoisotopic (exact) mass is 712 g/mol. The molecule has 0 radical (unpaired) electrons. The third-order valence-electron chi connectivity index (χ3n) is 11.3. The molecule has 56 heavy (non-hydrogen) atoms. The predicted molar refractivity (Wildman–Crippen MR) is 237 cm³/mol. The highest BCUT2D eigenvalue weighted by atomic mass is 15.0. The van der Waals surface area contributed by atoms with Gasteiger partial charge in [-0.1, -0.05) is 146 Å². The van der Waals surface area contributed by atoms with Crippen LogP contribution in [0.3, 0.4) is 0 Å². The van der Waals surface area contributed by atoms with E-state index < -0.39 is 0 Å². The minimum atomic E-state index is 1.14. The van der Waals surface area contributed by atoms with Gasteiger partial charge in [0, 0.05) is 32.9 Å². The number of rotatable bonds is 6. The second-order valence-corrected chi connectivity index (χ2v) is 14.6. The van der Waals surface area contributed by atoms with Gasteiger partial charge in [-0.3, -0.25) is 0 Å². The molecule has 11 rings (SSSR count).